The molecule has 0 aliphatic carbocycles. The molecule has 1 atom stereocenters. The van der Waals surface area contributed by atoms with Gasteiger partial charge in [0, 0.05) is 11.3 Å². The van der Waals surface area contributed by atoms with E-state index in [9.17, 15) is 4.79 Å². The lowest BCUT2D eigenvalue weighted by Gasteiger charge is -2.22. The van der Waals surface area contributed by atoms with Crippen molar-refractivity contribution in [2.45, 2.75) is 26.0 Å². The standard InChI is InChI=1S/C28H31N5O4/c1-17(2)37-24-14-9-21-15-25(24)36-16-30-27(29)20-5-10-22(11-6-20)31-26(21)28(34)33-32-18(3)19-7-12-23(35-4)13-8-19/h5-15,17,26,31-32H,3,16H2,1-2,4H3,(H2,29,30)(H,33,34). The van der Waals surface area contributed by atoms with E-state index < -0.39 is 6.04 Å². The molecule has 0 saturated carbocycles. The number of amidine groups is 1. The van der Waals surface area contributed by atoms with Crippen LogP contribution in [0.1, 0.15) is 36.6 Å². The van der Waals surface area contributed by atoms with Crippen LogP contribution in [0.4, 0.5) is 5.69 Å². The maximum Gasteiger partial charge on any atom is 0.265 e. The minimum absolute atomic E-state index is 0.000966. The van der Waals surface area contributed by atoms with Gasteiger partial charge in [-0.3, -0.25) is 15.6 Å². The van der Waals surface area contributed by atoms with Gasteiger partial charge < -0.3 is 25.3 Å². The molecule has 1 amide bonds. The highest BCUT2D eigenvalue weighted by atomic mass is 16.5. The summed E-state index contributed by atoms with van der Waals surface area (Å²) < 4.78 is 17.0. The van der Waals surface area contributed by atoms with Crippen LogP contribution >= 0.6 is 0 Å². The van der Waals surface area contributed by atoms with E-state index in [0.29, 0.717) is 28.6 Å². The maximum absolute atomic E-state index is 13.4. The van der Waals surface area contributed by atoms with E-state index in [1.54, 1.807) is 19.2 Å². The van der Waals surface area contributed by atoms with Crippen LogP contribution in [0.2, 0.25) is 0 Å². The number of rotatable bonds is 7. The predicted octanol–water partition coefficient (Wildman–Crippen LogP) is 3.98. The summed E-state index contributed by atoms with van der Waals surface area (Å²) in [6.45, 7) is 7.88. The zero-order chi connectivity index (χ0) is 26.4. The highest BCUT2D eigenvalue weighted by Crippen LogP contribution is 2.33. The fourth-order valence-electron chi connectivity index (χ4n) is 3.71. The number of nitrogens with one attached hydrogen (secondary N) is 3. The van der Waals surface area contributed by atoms with E-state index >= 15 is 0 Å². The fourth-order valence-corrected chi connectivity index (χ4v) is 3.71. The number of hydrogen-bond donors (Lipinski definition) is 4. The van der Waals surface area contributed by atoms with E-state index in [-0.39, 0.29) is 18.7 Å². The van der Waals surface area contributed by atoms with E-state index in [2.05, 4.69) is 27.7 Å². The zero-order valence-electron chi connectivity index (χ0n) is 21.1. The Labute approximate surface area is 216 Å². The molecule has 0 spiro atoms. The molecule has 2 aliphatic heterocycles. The van der Waals surface area contributed by atoms with Crippen LogP contribution in [-0.4, -0.2) is 31.7 Å². The zero-order valence-corrected chi connectivity index (χ0v) is 21.1. The van der Waals surface area contributed by atoms with E-state index in [0.717, 1.165) is 22.6 Å². The lowest BCUT2D eigenvalue weighted by molar-refractivity contribution is -0.122. The topological polar surface area (TPSA) is 119 Å². The Morgan fingerprint density at radius 1 is 1.11 bits per heavy atom. The number of benzene rings is 3. The van der Waals surface area contributed by atoms with Gasteiger partial charge in [0.15, 0.2) is 18.2 Å². The number of ether oxygens (including phenoxy) is 3. The second kappa shape index (κ2) is 11.4. The van der Waals surface area contributed by atoms with Crippen molar-refractivity contribution < 1.29 is 19.0 Å². The fraction of sp³-hybridized carbons (Fsp3) is 0.214. The predicted molar refractivity (Wildman–Crippen MR) is 145 cm³/mol. The Balaban J connectivity index is 1.61. The molecule has 1 unspecified atom stereocenters. The lowest BCUT2D eigenvalue weighted by atomic mass is 10.0. The van der Waals surface area contributed by atoms with E-state index in [1.165, 1.54) is 0 Å². The van der Waals surface area contributed by atoms with Gasteiger partial charge in [0.2, 0.25) is 0 Å². The van der Waals surface area contributed by atoms with Crippen molar-refractivity contribution in [1.29, 1.82) is 0 Å². The molecule has 192 valence electrons. The summed E-state index contributed by atoms with van der Waals surface area (Å²) in [7, 11) is 1.60. The van der Waals surface area contributed by atoms with Crippen LogP contribution in [0.15, 0.2) is 78.3 Å². The van der Waals surface area contributed by atoms with Gasteiger partial charge in [-0.1, -0.05) is 12.6 Å². The number of carbonyl (C=O) groups is 1. The second-order valence-electron chi connectivity index (χ2n) is 8.67. The number of hydrogen-bond acceptors (Lipinski definition) is 8. The molecule has 3 aromatic rings. The summed E-state index contributed by atoms with van der Waals surface area (Å²) >= 11 is 0. The molecule has 0 saturated heterocycles. The number of methoxy groups -OCH3 is 1. The normalized spacial score (nSPS) is 16.0. The number of hydrazine groups is 1. The number of fused-ring (bicyclic) bond motifs is 5. The minimum Gasteiger partial charge on any atom is -0.497 e. The number of amides is 1. The highest BCUT2D eigenvalue weighted by Gasteiger charge is 2.23. The van der Waals surface area contributed by atoms with Gasteiger partial charge in [0.1, 0.15) is 17.6 Å². The van der Waals surface area contributed by atoms with Crippen LogP contribution in [0, 0.1) is 0 Å². The van der Waals surface area contributed by atoms with Gasteiger partial charge in [0.25, 0.3) is 5.91 Å². The molecular weight excluding hydrogens is 470 g/mol. The first-order chi connectivity index (χ1) is 17.8. The Hall–Kier alpha value is -4.66. The molecule has 5 N–H and O–H groups in total. The monoisotopic (exact) mass is 501 g/mol. The summed E-state index contributed by atoms with van der Waals surface area (Å²) in [5.41, 5.74) is 15.3. The third-order valence-electron chi connectivity index (χ3n) is 5.65. The van der Waals surface area contributed by atoms with Gasteiger partial charge in [-0.25, -0.2) is 4.99 Å². The van der Waals surface area contributed by atoms with Crippen molar-refractivity contribution in [1.82, 2.24) is 10.9 Å². The molecule has 5 rings (SSSR count). The van der Waals surface area contributed by atoms with E-state index in [1.807, 2.05) is 68.4 Å². The van der Waals surface area contributed by atoms with Crippen molar-refractivity contribution in [2.24, 2.45) is 10.7 Å². The average molecular weight is 502 g/mol. The summed E-state index contributed by atoms with van der Waals surface area (Å²) in [5, 5.41) is 3.30. The van der Waals surface area contributed by atoms with Crippen molar-refractivity contribution in [3.63, 3.8) is 0 Å². The SMILES string of the molecule is C=C(NNC(=O)C1Nc2ccc(cc2)/C(N)=N\COc2cc1ccc2OC(C)C)c1ccc(OC)cc1. The summed E-state index contributed by atoms with van der Waals surface area (Å²) in [4.78, 5) is 17.8. The lowest BCUT2D eigenvalue weighted by Crippen LogP contribution is -2.41. The highest BCUT2D eigenvalue weighted by molar-refractivity contribution is 5.97. The molecule has 2 aliphatic rings. The van der Waals surface area contributed by atoms with Gasteiger partial charge >= 0.3 is 0 Å². The van der Waals surface area contributed by atoms with Crippen molar-refractivity contribution in [3.8, 4) is 17.2 Å². The van der Waals surface area contributed by atoms with Crippen LogP contribution in [-0.2, 0) is 4.79 Å². The van der Waals surface area contributed by atoms with Crippen molar-refractivity contribution >= 4 is 23.1 Å². The van der Waals surface area contributed by atoms with Crippen molar-refractivity contribution in [3.05, 3.63) is 90.0 Å². The third kappa shape index (κ3) is 6.32. The molecule has 3 aromatic carbocycles. The Bertz CT molecular complexity index is 1290. The molecule has 4 bridgehead atoms. The summed E-state index contributed by atoms with van der Waals surface area (Å²) in [5.74, 6) is 1.76. The molecule has 9 heteroatoms. The number of nitrogens with two attached hydrogens (primary N) is 1. The second-order valence-corrected chi connectivity index (χ2v) is 8.67. The number of aliphatic imine (C=N–C) groups is 1. The molecular formula is C28H31N5O4. The summed E-state index contributed by atoms with van der Waals surface area (Å²) in [6.07, 6.45) is -0.0652. The van der Waals surface area contributed by atoms with Gasteiger partial charge in [-0.05, 0) is 85.6 Å². The van der Waals surface area contributed by atoms with Crippen LogP contribution in [0.5, 0.6) is 17.2 Å². The van der Waals surface area contributed by atoms with Gasteiger partial charge in [-0.2, -0.15) is 0 Å². The van der Waals surface area contributed by atoms with Crippen LogP contribution in [0.25, 0.3) is 5.70 Å². The number of nitrogens with zero attached hydrogens (tertiary/aromatic N) is 1. The first kappa shape index (κ1) is 25.4. The van der Waals surface area contributed by atoms with Crippen LogP contribution in [0.3, 0.4) is 0 Å². The Kier molecular flexibility index (Phi) is 7.83. The molecule has 0 radical (unpaired) electrons. The first-order valence-electron chi connectivity index (χ1n) is 11.8. The van der Waals surface area contributed by atoms with Crippen LogP contribution < -0.4 is 36.1 Å². The third-order valence-corrected chi connectivity index (χ3v) is 5.65. The average Bonchev–Trinajstić information content (AvgIpc) is 2.92. The quantitative estimate of drug-likeness (QED) is 0.362. The Morgan fingerprint density at radius 2 is 1.84 bits per heavy atom. The number of anilines is 1. The molecule has 37 heavy (non-hydrogen) atoms. The molecule has 0 fully saturated rings. The van der Waals surface area contributed by atoms with Gasteiger partial charge in [-0.15, -0.1) is 0 Å². The van der Waals surface area contributed by atoms with Gasteiger partial charge in [0.05, 0.1) is 18.9 Å². The summed E-state index contributed by atoms with van der Waals surface area (Å²) in [6, 6.07) is 19.3. The minimum atomic E-state index is -0.767. The Morgan fingerprint density at radius 3 is 2.51 bits per heavy atom. The first-order valence-corrected chi connectivity index (χ1v) is 11.8. The molecule has 9 nitrogen and oxygen atoms in total. The smallest absolute Gasteiger partial charge is 0.265 e. The maximum atomic E-state index is 13.4. The van der Waals surface area contributed by atoms with E-state index in [4.69, 9.17) is 19.9 Å². The molecule has 2 heterocycles. The number of carbonyl (C=O) groups excluding carboxylic acids is 1. The largest absolute Gasteiger partial charge is 0.497 e. The van der Waals surface area contributed by atoms with Crippen molar-refractivity contribution in [2.75, 3.05) is 19.2 Å². The molecule has 0 aromatic heterocycles.